The molecule has 0 aliphatic heterocycles. The van der Waals surface area contributed by atoms with Gasteiger partial charge in [-0.15, -0.1) is 0 Å². The van der Waals surface area contributed by atoms with E-state index >= 15 is 0 Å². The van der Waals surface area contributed by atoms with Crippen molar-refractivity contribution in [1.82, 2.24) is 0 Å². The summed E-state index contributed by atoms with van der Waals surface area (Å²) in [5, 5.41) is 0.791. The first-order chi connectivity index (χ1) is 9.38. The molecule has 2 rings (SSSR count). The average Bonchev–Trinajstić information content (AvgIpc) is 2.38. The van der Waals surface area contributed by atoms with Gasteiger partial charge in [-0.25, -0.2) is 0 Å². The first kappa shape index (κ1) is 15.0. The number of anilines is 1. The standard InChI is InChI=1S/C13H9BrCl2N2O2/c14-7-4-9(16)11(5-8(7)15)20-12-3-6(13(18)19)1-2-10(12)17/h1-5H,17H2,(H2,18,19). The SMILES string of the molecule is NC(=O)c1ccc(N)c(Oc2cc(Cl)c(Br)cc2Cl)c1. The van der Waals surface area contributed by atoms with Gasteiger partial charge in [0.25, 0.3) is 0 Å². The van der Waals surface area contributed by atoms with E-state index in [1.807, 2.05) is 0 Å². The molecule has 2 aromatic carbocycles. The Morgan fingerprint density at radius 3 is 2.45 bits per heavy atom. The Hall–Kier alpha value is -1.43. The third kappa shape index (κ3) is 3.17. The van der Waals surface area contributed by atoms with Crippen LogP contribution >= 0.6 is 39.1 Å². The first-order valence-electron chi connectivity index (χ1n) is 5.40. The van der Waals surface area contributed by atoms with Crippen LogP contribution in [-0.4, -0.2) is 5.91 Å². The lowest BCUT2D eigenvalue weighted by Gasteiger charge is -2.11. The maximum absolute atomic E-state index is 11.2. The van der Waals surface area contributed by atoms with Crippen molar-refractivity contribution in [3.8, 4) is 11.5 Å². The van der Waals surface area contributed by atoms with Crippen LogP contribution in [0.25, 0.3) is 0 Å². The predicted octanol–water partition coefficient (Wildman–Crippen LogP) is 4.23. The van der Waals surface area contributed by atoms with Gasteiger partial charge in [0.05, 0.1) is 15.7 Å². The molecule has 0 fully saturated rings. The van der Waals surface area contributed by atoms with Gasteiger partial charge in [0.15, 0.2) is 5.75 Å². The van der Waals surface area contributed by atoms with E-state index < -0.39 is 5.91 Å². The van der Waals surface area contributed by atoms with Gasteiger partial charge < -0.3 is 16.2 Å². The number of hydrogen-bond acceptors (Lipinski definition) is 3. The third-order valence-electron chi connectivity index (χ3n) is 2.49. The molecule has 0 saturated carbocycles. The fraction of sp³-hybridized carbons (Fsp3) is 0. The number of nitrogens with two attached hydrogens (primary N) is 2. The van der Waals surface area contributed by atoms with Crippen LogP contribution in [0.2, 0.25) is 10.0 Å². The van der Waals surface area contributed by atoms with Crippen molar-refractivity contribution in [3.63, 3.8) is 0 Å². The molecule has 4 N–H and O–H groups in total. The lowest BCUT2D eigenvalue weighted by atomic mass is 10.2. The highest BCUT2D eigenvalue weighted by molar-refractivity contribution is 9.10. The van der Waals surface area contributed by atoms with Crippen molar-refractivity contribution in [2.24, 2.45) is 5.73 Å². The molecule has 0 radical (unpaired) electrons. The zero-order valence-electron chi connectivity index (χ0n) is 9.99. The van der Waals surface area contributed by atoms with Gasteiger partial charge in [-0.05, 0) is 40.2 Å². The zero-order valence-corrected chi connectivity index (χ0v) is 13.1. The second kappa shape index (κ2) is 5.91. The largest absolute Gasteiger partial charge is 0.454 e. The molecule has 20 heavy (non-hydrogen) atoms. The number of primary amides is 1. The maximum Gasteiger partial charge on any atom is 0.248 e. The minimum absolute atomic E-state index is 0.279. The number of amides is 1. The Morgan fingerprint density at radius 1 is 1.10 bits per heavy atom. The number of rotatable bonds is 3. The number of benzene rings is 2. The predicted molar refractivity (Wildman–Crippen MR) is 83.6 cm³/mol. The quantitative estimate of drug-likeness (QED) is 0.622. The van der Waals surface area contributed by atoms with E-state index in [9.17, 15) is 4.79 Å². The van der Waals surface area contributed by atoms with E-state index in [1.54, 1.807) is 12.1 Å². The Balaban J connectivity index is 2.42. The molecule has 1 amide bonds. The molecule has 4 nitrogen and oxygen atoms in total. The average molecular weight is 376 g/mol. The molecule has 7 heteroatoms. The number of hydrogen-bond donors (Lipinski definition) is 2. The number of carbonyl (C=O) groups excluding carboxylic acids is 1. The monoisotopic (exact) mass is 374 g/mol. The van der Waals surface area contributed by atoms with Crippen LogP contribution in [0.3, 0.4) is 0 Å². The Morgan fingerprint density at radius 2 is 1.80 bits per heavy atom. The Bertz CT molecular complexity index is 692. The molecule has 0 spiro atoms. The summed E-state index contributed by atoms with van der Waals surface area (Å²) < 4.78 is 6.25. The summed E-state index contributed by atoms with van der Waals surface area (Å²) in [5.74, 6) is 0.0320. The van der Waals surface area contributed by atoms with Crippen molar-refractivity contribution in [2.75, 3.05) is 5.73 Å². The van der Waals surface area contributed by atoms with Crippen LogP contribution in [0, 0.1) is 0 Å². The minimum atomic E-state index is -0.574. The van der Waals surface area contributed by atoms with E-state index in [2.05, 4.69) is 15.9 Å². The van der Waals surface area contributed by atoms with Crippen molar-refractivity contribution in [2.45, 2.75) is 0 Å². The number of ether oxygens (including phenoxy) is 1. The third-order valence-corrected chi connectivity index (χ3v) is 3.99. The first-order valence-corrected chi connectivity index (χ1v) is 6.95. The van der Waals surface area contributed by atoms with Gasteiger partial charge in [0, 0.05) is 16.1 Å². The molecule has 0 unspecified atom stereocenters. The molecular formula is C13H9BrCl2N2O2. The summed E-state index contributed by atoms with van der Waals surface area (Å²) in [6.07, 6.45) is 0. The van der Waals surface area contributed by atoms with Gasteiger partial charge in [0.2, 0.25) is 5.91 Å². The number of halogens is 3. The van der Waals surface area contributed by atoms with Gasteiger partial charge >= 0.3 is 0 Å². The van der Waals surface area contributed by atoms with Crippen LogP contribution in [0.15, 0.2) is 34.8 Å². The van der Waals surface area contributed by atoms with Crippen molar-refractivity contribution >= 4 is 50.7 Å². The summed E-state index contributed by atoms with van der Waals surface area (Å²) in [5.41, 5.74) is 11.6. The van der Waals surface area contributed by atoms with Gasteiger partial charge in [-0.1, -0.05) is 23.2 Å². The molecule has 2 aromatic rings. The Labute approximate surface area is 133 Å². The van der Waals surface area contributed by atoms with E-state index in [-0.39, 0.29) is 11.3 Å². The highest BCUT2D eigenvalue weighted by Gasteiger charge is 2.11. The van der Waals surface area contributed by atoms with Crippen molar-refractivity contribution < 1.29 is 9.53 Å². The molecule has 0 aliphatic rings. The van der Waals surface area contributed by atoms with Gasteiger partial charge in [-0.2, -0.15) is 0 Å². The van der Waals surface area contributed by atoms with Crippen molar-refractivity contribution in [3.05, 3.63) is 50.4 Å². The normalized spacial score (nSPS) is 10.3. The van der Waals surface area contributed by atoms with Crippen molar-refractivity contribution in [1.29, 1.82) is 0 Å². The van der Waals surface area contributed by atoms with E-state index in [4.69, 9.17) is 39.4 Å². The molecule has 0 aliphatic carbocycles. The van der Waals surface area contributed by atoms with Crippen LogP contribution in [0.1, 0.15) is 10.4 Å². The fourth-order valence-corrected chi connectivity index (χ4v) is 2.31. The highest BCUT2D eigenvalue weighted by atomic mass is 79.9. The Kier molecular flexibility index (Phi) is 4.42. The molecule has 0 atom stereocenters. The lowest BCUT2D eigenvalue weighted by Crippen LogP contribution is -2.11. The minimum Gasteiger partial charge on any atom is -0.454 e. The summed E-state index contributed by atoms with van der Waals surface area (Å²) in [4.78, 5) is 11.2. The van der Waals surface area contributed by atoms with Crippen LogP contribution in [0.5, 0.6) is 11.5 Å². The molecule has 104 valence electrons. The molecule has 0 heterocycles. The number of carbonyl (C=O) groups is 1. The summed E-state index contributed by atoms with van der Waals surface area (Å²) in [6, 6.07) is 7.64. The second-order valence-corrected chi connectivity index (χ2v) is 5.58. The molecule has 0 saturated heterocycles. The van der Waals surface area contributed by atoms with Gasteiger partial charge in [-0.3, -0.25) is 4.79 Å². The lowest BCUT2D eigenvalue weighted by molar-refractivity contribution is 0.1000. The number of nitrogen functional groups attached to an aromatic ring is 1. The molecular weight excluding hydrogens is 367 g/mol. The summed E-state index contributed by atoms with van der Waals surface area (Å²) in [7, 11) is 0. The van der Waals surface area contributed by atoms with Crippen LogP contribution in [-0.2, 0) is 0 Å². The van der Waals surface area contributed by atoms with Crippen LogP contribution in [0.4, 0.5) is 5.69 Å². The van der Waals surface area contributed by atoms with E-state index in [0.717, 1.165) is 0 Å². The maximum atomic E-state index is 11.2. The zero-order chi connectivity index (χ0) is 14.9. The summed E-state index contributed by atoms with van der Waals surface area (Å²) in [6.45, 7) is 0. The topological polar surface area (TPSA) is 78.3 Å². The fourth-order valence-electron chi connectivity index (χ4n) is 1.48. The van der Waals surface area contributed by atoms with Gasteiger partial charge in [0.1, 0.15) is 5.75 Å². The highest BCUT2D eigenvalue weighted by Crippen LogP contribution is 2.38. The van der Waals surface area contributed by atoms with E-state index in [1.165, 1.54) is 18.2 Å². The van der Waals surface area contributed by atoms with E-state index in [0.29, 0.717) is 26.0 Å². The smallest absolute Gasteiger partial charge is 0.248 e. The summed E-state index contributed by atoms with van der Waals surface area (Å²) >= 11 is 15.3. The van der Waals surface area contributed by atoms with Crippen LogP contribution < -0.4 is 16.2 Å². The molecule has 0 bridgehead atoms. The second-order valence-electron chi connectivity index (χ2n) is 3.92. The molecule has 0 aromatic heterocycles.